The zero-order chi connectivity index (χ0) is 12.3. The maximum Gasteiger partial charge on any atom is 0.0519 e. The molecule has 0 aliphatic heterocycles. The van der Waals surface area contributed by atoms with E-state index in [2.05, 4.69) is 29.1 Å². The van der Waals surface area contributed by atoms with Crippen molar-refractivity contribution >= 4 is 11.6 Å². The number of rotatable bonds is 4. The maximum absolute atomic E-state index is 6.06. The maximum atomic E-state index is 6.06. The van der Waals surface area contributed by atoms with Gasteiger partial charge in [-0.05, 0) is 43.2 Å². The molecule has 3 heteroatoms. The molecule has 1 heterocycles. The molecule has 2 unspecified atom stereocenters. The van der Waals surface area contributed by atoms with Crippen LogP contribution < -0.4 is 5.73 Å². The monoisotopic (exact) mass is 248 g/mol. The minimum atomic E-state index is 0.109. The highest BCUT2D eigenvalue weighted by molar-refractivity contribution is 6.30. The zero-order valence-corrected chi connectivity index (χ0v) is 10.6. The van der Waals surface area contributed by atoms with Crippen LogP contribution >= 0.6 is 11.6 Å². The Bertz CT molecular complexity index is 446. The van der Waals surface area contributed by atoms with Gasteiger partial charge in [-0.15, -0.1) is 0 Å². The van der Waals surface area contributed by atoms with Gasteiger partial charge in [-0.1, -0.05) is 23.7 Å². The third kappa shape index (κ3) is 3.11. The van der Waals surface area contributed by atoms with Gasteiger partial charge in [0.1, 0.15) is 0 Å². The second kappa shape index (κ2) is 5.39. The number of hydrogen-bond donors (Lipinski definition) is 1. The quantitative estimate of drug-likeness (QED) is 0.885. The van der Waals surface area contributed by atoms with Crippen LogP contribution in [0.5, 0.6) is 0 Å². The summed E-state index contributed by atoms with van der Waals surface area (Å²) in [6.45, 7) is 2.04. The van der Waals surface area contributed by atoms with E-state index in [1.54, 1.807) is 0 Å². The Morgan fingerprint density at radius 2 is 1.76 bits per heavy atom. The number of nitrogens with zero attached hydrogens (tertiary/aromatic N) is 1. The molecule has 0 spiro atoms. The molecule has 2 nitrogen and oxygen atoms in total. The number of nitrogens with two attached hydrogens (primary N) is 1. The predicted octanol–water partition coefficient (Wildman–Crippen LogP) is 3.27. The summed E-state index contributed by atoms with van der Waals surface area (Å²) in [5.41, 5.74) is 7.31. The topological polar surface area (TPSA) is 30.9 Å². The standard InChI is InChI=1S/C14H17ClN2/c1-11(16)14(17-8-2-3-9-17)10-12-4-6-13(15)7-5-12/h2-9,11,14H,10,16H2,1H3. The molecule has 0 saturated heterocycles. The fraction of sp³-hybridized carbons (Fsp3) is 0.286. The lowest BCUT2D eigenvalue weighted by atomic mass is 10.0. The van der Waals surface area contributed by atoms with Gasteiger partial charge in [-0.2, -0.15) is 0 Å². The highest BCUT2D eigenvalue weighted by Gasteiger charge is 2.15. The fourth-order valence-electron chi connectivity index (χ4n) is 1.99. The fourth-order valence-corrected chi connectivity index (χ4v) is 2.12. The first-order valence-corrected chi connectivity index (χ1v) is 6.17. The van der Waals surface area contributed by atoms with E-state index in [1.807, 2.05) is 31.2 Å². The van der Waals surface area contributed by atoms with Crippen LogP contribution in [0.25, 0.3) is 0 Å². The Kier molecular flexibility index (Phi) is 3.87. The first-order valence-electron chi connectivity index (χ1n) is 5.79. The lowest BCUT2D eigenvalue weighted by Crippen LogP contribution is -2.30. The predicted molar refractivity (Wildman–Crippen MR) is 72.3 cm³/mol. The van der Waals surface area contributed by atoms with Crippen LogP contribution in [0.3, 0.4) is 0 Å². The highest BCUT2D eigenvalue weighted by Crippen LogP contribution is 2.19. The van der Waals surface area contributed by atoms with Gasteiger partial charge in [0.25, 0.3) is 0 Å². The van der Waals surface area contributed by atoms with Crippen molar-refractivity contribution in [2.24, 2.45) is 5.73 Å². The molecule has 1 aromatic carbocycles. The summed E-state index contributed by atoms with van der Waals surface area (Å²) >= 11 is 5.88. The van der Waals surface area contributed by atoms with Gasteiger partial charge >= 0.3 is 0 Å². The molecule has 0 amide bonds. The highest BCUT2D eigenvalue weighted by atomic mass is 35.5. The van der Waals surface area contributed by atoms with E-state index in [-0.39, 0.29) is 12.1 Å². The molecular formula is C14H17ClN2. The van der Waals surface area contributed by atoms with Crippen LogP contribution in [0.15, 0.2) is 48.8 Å². The van der Waals surface area contributed by atoms with Crippen LogP contribution in [-0.4, -0.2) is 10.6 Å². The van der Waals surface area contributed by atoms with Crippen molar-refractivity contribution in [3.8, 4) is 0 Å². The van der Waals surface area contributed by atoms with Gasteiger partial charge in [0.05, 0.1) is 6.04 Å². The van der Waals surface area contributed by atoms with E-state index in [0.29, 0.717) is 0 Å². The molecule has 0 saturated carbocycles. The molecule has 2 rings (SSSR count). The molecule has 90 valence electrons. The minimum Gasteiger partial charge on any atom is -0.349 e. The Balaban J connectivity index is 2.16. The van der Waals surface area contributed by atoms with Gasteiger partial charge in [0.15, 0.2) is 0 Å². The van der Waals surface area contributed by atoms with E-state index in [9.17, 15) is 0 Å². The Morgan fingerprint density at radius 3 is 2.29 bits per heavy atom. The third-order valence-corrected chi connectivity index (χ3v) is 3.23. The van der Waals surface area contributed by atoms with Gasteiger partial charge in [-0.25, -0.2) is 0 Å². The first-order chi connectivity index (χ1) is 8.16. The average Bonchev–Trinajstić information content (AvgIpc) is 2.81. The number of aromatic nitrogens is 1. The SMILES string of the molecule is CC(N)C(Cc1ccc(Cl)cc1)n1cccc1. The second-order valence-electron chi connectivity index (χ2n) is 4.39. The summed E-state index contributed by atoms with van der Waals surface area (Å²) < 4.78 is 2.17. The van der Waals surface area contributed by atoms with Crippen LogP contribution in [0.4, 0.5) is 0 Å². The first kappa shape index (κ1) is 12.2. The smallest absolute Gasteiger partial charge is 0.0519 e. The van der Waals surface area contributed by atoms with Crippen molar-refractivity contribution in [1.29, 1.82) is 0 Å². The van der Waals surface area contributed by atoms with Crippen molar-refractivity contribution in [3.05, 3.63) is 59.4 Å². The van der Waals surface area contributed by atoms with E-state index in [4.69, 9.17) is 17.3 Å². The molecule has 0 aliphatic rings. The molecule has 0 bridgehead atoms. The van der Waals surface area contributed by atoms with Gasteiger partial charge in [-0.3, -0.25) is 0 Å². The van der Waals surface area contributed by atoms with E-state index >= 15 is 0 Å². The summed E-state index contributed by atoms with van der Waals surface area (Å²) in [5, 5.41) is 0.770. The van der Waals surface area contributed by atoms with Crippen molar-refractivity contribution in [1.82, 2.24) is 4.57 Å². The molecule has 2 atom stereocenters. The van der Waals surface area contributed by atoms with Crippen molar-refractivity contribution in [2.45, 2.75) is 25.4 Å². The molecule has 0 radical (unpaired) electrons. The normalized spacial score (nSPS) is 14.5. The van der Waals surface area contributed by atoms with Crippen molar-refractivity contribution in [3.63, 3.8) is 0 Å². The van der Waals surface area contributed by atoms with Gasteiger partial charge in [0, 0.05) is 23.5 Å². The number of benzene rings is 1. The van der Waals surface area contributed by atoms with Crippen LogP contribution in [0.2, 0.25) is 5.02 Å². The molecule has 1 aromatic heterocycles. The van der Waals surface area contributed by atoms with Gasteiger partial charge < -0.3 is 10.3 Å². The van der Waals surface area contributed by atoms with Crippen molar-refractivity contribution in [2.75, 3.05) is 0 Å². The molecule has 2 N–H and O–H groups in total. The second-order valence-corrected chi connectivity index (χ2v) is 4.82. The summed E-state index contributed by atoms with van der Waals surface area (Å²) in [5.74, 6) is 0. The Morgan fingerprint density at radius 1 is 1.18 bits per heavy atom. The summed E-state index contributed by atoms with van der Waals surface area (Å²) in [4.78, 5) is 0. The van der Waals surface area contributed by atoms with Crippen LogP contribution in [-0.2, 0) is 6.42 Å². The van der Waals surface area contributed by atoms with E-state index in [0.717, 1.165) is 11.4 Å². The zero-order valence-electron chi connectivity index (χ0n) is 9.88. The molecular weight excluding hydrogens is 232 g/mol. The van der Waals surface area contributed by atoms with Crippen LogP contribution in [0, 0.1) is 0 Å². The largest absolute Gasteiger partial charge is 0.349 e. The van der Waals surface area contributed by atoms with Gasteiger partial charge in [0.2, 0.25) is 0 Å². The number of hydrogen-bond acceptors (Lipinski definition) is 1. The molecule has 0 fully saturated rings. The molecule has 2 aromatic rings. The van der Waals surface area contributed by atoms with Crippen molar-refractivity contribution < 1.29 is 0 Å². The Labute approximate surface area is 107 Å². The summed E-state index contributed by atoms with van der Waals surface area (Å²) in [6, 6.07) is 12.4. The average molecular weight is 249 g/mol. The lowest BCUT2D eigenvalue weighted by molar-refractivity contribution is 0.428. The molecule has 17 heavy (non-hydrogen) atoms. The van der Waals surface area contributed by atoms with E-state index < -0.39 is 0 Å². The lowest BCUT2D eigenvalue weighted by Gasteiger charge is -2.23. The molecule has 0 aliphatic carbocycles. The summed E-state index contributed by atoms with van der Waals surface area (Å²) in [7, 11) is 0. The van der Waals surface area contributed by atoms with Crippen LogP contribution in [0.1, 0.15) is 18.5 Å². The number of halogens is 1. The summed E-state index contributed by atoms with van der Waals surface area (Å²) in [6.07, 6.45) is 5.04. The third-order valence-electron chi connectivity index (χ3n) is 2.98. The Hall–Kier alpha value is -1.25. The minimum absolute atomic E-state index is 0.109. The van der Waals surface area contributed by atoms with E-state index in [1.165, 1.54) is 5.56 Å².